The first-order valence-electron chi connectivity index (χ1n) is 10.8. The smallest absolute Gasteiger partial charge is 0.397 e. The van der Waals surface area contributed by atoms with E-state index in [1.807, 2.05) is 0 Å². The molecule has 0 heterocycles. The van der Waals surface area contributed by atoms with E-state index in [0.29, 0.717) is 12.1 Å². The van der Waals surface area contributed by atoms with Gasteiger partial charge in [0.1, 0.15) is 22.0 Å². The number of anilines is 1. The normalized spacial score (nSPS) is 13.0. The van der Waals surface area contributed by atoms with Gasteiger partial charge in [0.25, 0.3) is 20.2 Å². The number of carbonyl (C=O) groups is 1. The highest BCUT2D eigenvalue weighted by molar-refractivity contribution is 7.91. The number of nitrogens with zero attached hydrogens (tertiary/aromatic N) is 2. The van der Waals surface area contributed by atoms with E-state index in [1.165, 1.54) is 0 Å². The van der Waals surface area contributed by atoms with Crippen LogP contribution in [0.25, 0.3) is 10.8 Å². The quantitative estimate of drug-likeness (QED) is 0.132. The maximum Gasteiger partial charge on any atom is 0.397 e. The summed E-state index contributed by atoms with van der Waals surface area (Å²) < 4.78 is 125. The first-order valence-corrected chi connectivity index (χ1v) is 16.7. The van der Waals surface area contributed by atoms with Crippen LogP contribution in [0.3, 0.4) is 0 Å². The summed E-state index contributed by atoms with van der Waals surface area (Å²) in [5.74, 6) is -3.59. The van der Waals surface area contributed by atoms with Crippen molar-refractivity contribution < 1.29 is 66.5 Å². The molecule has 0 unspecified atom stereocenters. The van der Waals surface area contributed by atoms with Gasteiger partial charge in [-0.2, -0.15) is 25.3 Å². The third kappa shape index (κ3) is 7.74. The van der Waals surface area contributed by atoms with Crippen molar-refractivity contribution in [3.63, 3.8) is 0 Å². The van der Waals surface area contributed by atoms with E-state index < -0.39 is 113 Å². The SMILES string of the molecule is CC(=O)Nc1cc(S(=O)(=O)O)cc2cc(S(=O)(=O)O)c(/N=N/c3ccc(S(=O)(=O)CCOS(=O)(=O)O)cc3O)c(O)c12. The van der Waals surface area contributed by atoms with Gasteiger partial charge in [0, 0.05) is 18.4 Å². The number of nitrogens with one attached hydrogen (secondary N) is 1. The minimum absolute atomic E-state index is 0.392. The fraction of sp³-hybridized carbons (Fsp3) is 0.150. The molecule has 0 aliphatic rings. The van der Waals surface area contributed by atoms with E-state index in [0.717, 1.165) is 31.2 Å². The first-order chi connectivity index (χ1) is 19.1. The summed E-state index contributed by atoms with van der Waals surface area (Å²) in [4.78, 5) is 9.23. The molecular formula is C20H19N3O15S4. The second-order valence-electron chi connectivity index (χ2n) is 8.19. The van der Waals surface area contributed by atoms with Crippen molar-refractivity contribution in [1.82, 2.24) is 0 Å². The predicted molar refractivity (Wildman–Crippen MR) is 141 cm³/mol. The second-order valence-corrected chi connectivity index (χ2v) is 14.2. The topological polar surface area (TPSA) is 301 Å². The number of hydrogen-bond donors (Lipinski definition) is 6. The number of carbonyl (C=O) groups excluding carboxylic acids is 1. The fourth-order valence-corrected chi connectivity index (χ4v) is 6.15. The summed E-state index contributed by atoms with van der Waals surface area (Å²) in [7, 11) is -19.3. The van der Waals surface area contributed by atoms with Crippen molar-refractivity contribution in [3.05, 3.63) is 36.4 Å². The largest absolute Gasteiger partial charge is 0.506 e. The Morgan fingerprint density at radius 3 is 2.02 bits per heavy atom. The number of benzene rings is 3. The van der Waals surface area contributed by atoms with Crippen LogP contribution in [0, 0.1) is 0 Å². The maximum atomic E-state index is 12.3. The number of phenolic OH excluding ortho intramolecular Hbond substituents is 2. The van der Waals surface area contributed by atoms with E-state index in [-0.39, 0.29) is 0 Å². The van der Waals surface area contributed by atoms with Crippen molar-refractivity contribution in [3.8, 4) is 11.5 Å². The van der Waals surface area contributed by atoms with Gasteiger partial charge in [-0.05, 0) is 35.7 Å². The van der Waals surface area contributed by atoms with Crippen LogP contribution < -0.4 is 5.32 Å². The molecule has 3 aromatic rings. The van der Waals surface area contributed by atoms with Gasteiger partial charge in [-0.3, -0.25) is 18.5 Å². The molecule has 18 nitrogen and oxygen atoms in total. The van der Waals surface area contributed by atoms with Gasteiger partial charge in [-0.15, -0.1) is 10.2 Å². The molecule has 0 fully saturated rings. The van der Waals surface area contributed by atoms with Crippen LogP contribution in [0.1, 0.15) is 6.92 Å². The highest BCUT2D eigenvalue weighted by Crippen LogP contribution is 2.45. The maximum absolute atomic E-state index is 12.3. The molecule has 3 aromatic carbocycles. The zero-order valence-corrected chi connectivity index (χ0v) is 24.0. The highest BCUT2D eigenvalue weighted by Gasteiger charge is 2.26. The summed E-state index contributed by atoms with van der Waals surface area (Å²) in [5, 5.41) is 29.7. The minimum atomic E-state index is -5.22. The number of amides is 1. The Bertz CT molecular complexity index is 2070. The molecule has 42 heavy (non-hydrogen) atoms. The summed E-state index contributed by atoms with van der Waals surface area (Å²) in [5.41, 5.74) is -1.86. The zero-order valence-electron chi connectivity index (χ0n) is 20.7. The van der Waals surface area contributed by atoms with Crippen molar-refractivity contribution >= 4 is 74.2 Å². The van der Waals surface area contributed by atoms with E-state index in [2.05, 4.69) is 19.7 Å². The Balaban J connectivity index is 2.16. The number of hydrogen-bond acceptors (Lipinski definition) is 14. The molecule has 0 saturated heterocycles. The Hall–Kier alpha value is -3.77. The van der Waals surface area contributed by atoms with Crippen LogP contribution >= 0.6 is 0 Å². The predicted octanol–water partition coefficient (Wildman–Crippen LogP) is 1.71. The zero-order chi connectivity index (χ0) is 31.8. The Kier molecular flexibility index (Phi) is 8.95. The molecule has 0 aromatic heterocycles. The Labute approximate surface area is 237 Å². The monoisotopic (exact) mass is 669 g/mol. The van der Waals surface area contributed by atoms with Crippen molar-refractivity contribution in [2.45, 2.75) is 21.6 Å². The van der Waals surface area contributed by atoms with Gasteiger partial charge in [-0.1, -0.05) is 0 Å². The number of aromatic hydroxyl groups is 2. The Morgan fingerprint density at radius 1 is 0.857 bits per heavy atom. The van der Waals surface area contributed by atoms with Crippen molar-refractivity contribution in [2.75, 3.05) is 17.7 Å². The molecule has 0 bridgehead atoms. The van der Waals surface area contributed by atoms with E-state index >= 15 is 0 Å². The summed E-state index contributed by atoms with van der Waals surface area (Å²) in [6.07, 6.45) is 0. The standard InChI is InChI=1S/C20H19N3O15S4/c1-10(24)21-15-8-13(40(29,30)31)6-11-7-17(41(32,33)34)19(20(26)18(11)15)23-22-14-3-2-12(9-16(14)25)39(27,28)5-4-38-42(35,36)37/h2-3,6-9,25-26H,4-5H2,1H3,(H,21,24)(H,29,30,31)(H,32,33,34)(H,35,36,37)/b23-22+. The highest BCUT2D eigenvalue weighted by atomic mass is 32.3. The van der Waals surface area contributed by atoms with Crippen molar-refractivity contribution in [1.29, 1.82) is 0 Å². The van der Waals surface area contributed by atoms with E-state index in [4.69, 9.17) is 4.55 Å². The van der Waals surface area contributed by atoms with Crippen molar-refractivity contribution in [2.24, 2.45) is 10.2 Å². The molecule has 0 spiro atoms. The molecule has 22 heteroatoms. The van der Waals surface area contributed by atoms with Crippen LogP contribution in [0.5, 0.6) is 11.5 Å². The summed E-state index contributed by atoms with van der Waals surface area (Å²) >= 11 is 0. The van der Waals surface area contributed by atoms with Crippen LogP contribution in [-0.2, 0) is 49.5 Å². The van der Waals surface area contributed by atoms with Gasteiger partial charge in [-0.25, -0.2) is 12.6 Å². The minimum Gasteiger partial charge on any atom is -0.506 e. The molecule has 0 atom stereocenters. The number of phenols is 2. The van der Waals surface area contributed by atoms with Gasteiger partial charge in [0.15, 0.2) is 15.6 Å². The number of fused-ring (bicyclic) bond motifs is 1. The van der Waals surface area contributed by atoms with Crippen LogP contribution in [0.15, 0.2) is 61.3 Å². The summed E-state index contributed by atoms with van der Waals surface area (Å²) in [6, 6.07) is 4.60. The molecule has 6 N–H and O–H groups in total. The average molecular weight is 670 g/mol. The molecule has 1 amide bonds. The van der Waals surface area contributed by atoms with Crippen LogP contribution in [0.2, 0.25) is 0 Å². The van der Waals surface area contributed by atoms with E-state index in [1.54, 1.807) is 0 Å². The van der Waals surface area contributed by atoms with Gasteiger partial charge >= 0.3 is 10.4 Å². The van der Waals surface area contributed by atoms with E-state index in [9.17, 15) is 57.8 Å². The Morgan fingerprint density at radius 2 is 1.50 bits per heavy atom. The lowest BCUT2D eigenvalue weighted by atomic mass is 10.1. The third-order valence-electron chi connectivity index (χ3n) is 5.16. The van der Waals surface area contributed by atoms with Gasteiger partial charge in [0.2, 0.25) is 5.91 Å². The molecule has 0 radical (unpaired) electrons. The molecular weight excluding hydrogens is 650 g/mol. The van der Waals surface area contributed by atoms with Gasteiger partial charge < -0.3 is 15.5 Å². The van der Waals surface area contributed by atoms with Gasteiger partial charge in [0.05, 0.1) is 27.8 Å². The lowest BCUT2D eigenvalue weighted by Crippen LogP contribution is -2.15. The second kappa shape index (κ2) is 11.5. The molecule has 228 valence electrons. The lowest BCUT2D eigenvalue weighted by Gasteiger charge is -2.14. The average Bonchev–Trinajstić information content (AvgIpc) is 2.81. The fourth-order valence-electron chi connectivity index (χ4n) is 3.44. The first kappa shape index (κ1) is 32.7. The molecule has 3 rings (SSSR count). The number of rotatable bonds is 10. The third-order valence-corrected chi connectivity index (χ3v) is 9.00. The van der Waals surface area contributed by atoms with Crippen LogP contribution in [0.4, 0.5) is 17.1 Å². The lowest BCUT2D eigenvalue weighted by molar-refractivity contribution is -0.114. The number of azo groups is 1. The molecule has 0 aliphatic heterocycles. The summed E-state index contributed by atoms with van der Waals surface area (Å²) in [6.45, 7) is 0.0691. The van der Waals surface area contributed by atoms with Crippen LogP contribution in [-0.4, -0.2) is 75.8 Å². The molecule has 0 saturated carbocycles. The number of sulfone groups is 1. The molecule has 0 aliphatic carbocycles.